The smallest absolute Gasteiger partial charge is 0.449 e. The van der Waals surface area contributed by atoms with Gasteiger partial charge in [-0.15, -0.1) is 0 Å². The van der Waals surface area contributed by atoms with E-state index in [0.29, 0.717) is 11.2 Å². The monoisotopic (exact) mass is 220 g/mol. The molecule has 5 nitrogen and oxygen atoms in total. The topological polar surface area (TPSA) is 88.3 Å². The Morgan fingerprint density at radius 3 is 2.75 bits per heavy atom. The maximum Gasteiger partial charge on any atom is 0.511 e. The zero-order chi connectivity index (χ0) is 11.9. The number of nitrogen functional groups attached to an aromatic ring is 1. The molecule has 0 saturated heterocycles. The van der Waals surface area contributed by atoms with Crippen LogP contribution in [-0.2, 0) is 0 Å². The quantitative estimate of drug-likeness (QED) is 0.391. The average molecular weight is 220 g/mol. The molecule has 0 amide bonds. The number of H-pyrrole nitrogens is 1. The highest BCUT2D eigenvalue weighted by Gasteiger charge is 2.13. The molecular weight excluding hydrogens is 208 g/mol. The maximum atomic E-state index is 10.5. The van der Waals surface area contributed by atoms with Gasteiger partial charge < -0.3 is 20.6 Å². The van der Waals surface area contributed by atoms with E-state index in [2.05, 4.69) is 9.72 Å². The van der Waals surface area contributed by atoms with Gasteiger partial charge in [0.15, 0.2) is 5.75 Å². The summed E-state index contributed by atoms with van der Waals surface area (Å²) in [6.45, 7) is 3.83. The number of carboxylic acid groups (broad SMARTS) is 1. The van der Waals surface area contributed by atoms with Gasteiger partial charge in [-0.2, -0.15) is 0 Å². The summed E-state index contributed by atoms with van der Waals surface area (Å²) in [6.07, 6.45) is -1.34. The molecule has 0 aliphatic rings. The minimum absolute atomic E-state index is 0.271. The van der Waals surface area contributed by atoms with E-state index in [1.165, 1.54) is 0 Å². The van der Waals surface area contributed by atoms with E-state index in [1.54, 1.807) is 12.1 Å². The third kappa shape index (κ3) is 1.46. The number of hydrogen-bond donors (Lipinski definition) is 3. The number of ether oxygens (including phenoxy) is 1. The molecule has 1 heterocycles. The number of rotatable bonds is 1. The molecule has 5 heteroatoms. The molecule has 0 aliphatic heterocycles. The molecule has 0 radical (unpaired) electrons. The Hall–Kier alpha value is -2.17. The van der Waals surface area contributed by atoms with Gasteiger partial charge in [0.1, 0.15) is 0 Å². The fourth-order valence-corrected chi connectivity index (χ4v) is 1.78. The van der Waals surface area contributed by atoms with Crippen LogP contribution >= 0.6 is 0 Å². The molecule has 0 atom stereocenters. The van der Waals surface area contributed by atoms with Gasteiger partial charge in [0.2, 0.25) is 0 Å². The van der Waals surface area contributed by atoms with Crippen molar-refractivity contribution in [2.75, 3.05) is 5.73 Å². The lowest BCUT2D eigenvalue weighted by atomic mass is 10.1. The number of carbonyl (C=O) groups is 1. The van der Waals surface area contributed by atoms with E-state index >= 15 is 0 Å². The highest BCUT2D eigenvalue weighted by atomic mass is 16.7. The first-order valence-electron chi connectivity index (χ1n) is 4.79. The molecule has 2 aromatic rings. The number of nitrogens with one attached hydrogen (secondary N) is 1. The van der Waals surface area contributed by atoms with Crippen molar-refractivity contribution in [3.05, 3.63) is 23.4 Å². The molecule has 1 aromatic carbocycles. The van der Waals surface area contributed by atoms with Gasteiger partial charge in [0, 0.05) is 16.8 Å². The number of nitrogens with two attached hydrogens (primary N) is 1. The van der Waals surface area contributed by atoms with E-state index < -0.39 is 6.16 Å². The van der Waals surface area contributed by atoms with Crippen molar-refractivity contribution >= 4 is 22.7 Å². The largest absolute Gasteiger partial charge is 0.511 e. The van der Waals surface area contributed by atoms with Crippen LogP contribution in [0.2, 0.25) is 0 Å². The molecule has 84 valence electrons. The summed E-state index contributed by atoms with van der Waals surface area (Å²) in [5, 5.41) is 9.42. The minimum Gasteiger partial charge on any atom is -0.449 e. The number of anilines is 1. The second-order valence-electron chi connectivity index (χ2n) is 3.65. The van der Waals surface area contributed by atoms with Gasteiger partial charge in [-0.3, -0.25) is 0 Å². The third-order valence-corrected chi connectivity index (χ3v) is 2.65. The Balaban J connectivity index is 2.74. The lowest BCUT2D eigenvalue weighted by Crippen LogP contribution is -2.03. The number of fused-ring (bicyclic) bond motifs is 1. The van der Waals surface area contributed by atoms with Crippen molar-refractivity contribution in [3.8, 4) is 5.75 Å². The van der Waals surface area contributed by atoms with Crippen LogP contribution in [-0.4, -0.2) is 16.2 Å². The normalized spacial score (nSPS) is 10.6. The lowest BCUT2D eigenvalue weighted by Gasteiger charge is -2.03. The van der Waals surface area contributed by atoms with Crippen LogP contribution in [0.15, 0.2) is 12.1 Å². The second-order valence-corrected chi connectivity index (χ2v) is 3.65. The van der Waals surface area contributed by atoms with Gasteiger partial charge in [-0.25, -0.2) is 4.79 Å². The Kier molecular flexibility index (Phi) is 2.23. The molecule has 0 bridgehead atoms. The summed E-state index contributed by atoms with van der Waals surface area (Å²) in [5.41, 5.74) is 9.03. The summed E-state index contributed by atoms with van der Waals surface area (Å²) in [7, 11) is 0. The summed E-state index contributed by atoms with van der Waals surface area (Å²) in [4.78, 5) is 13.6. The zero-order valence-electron chi connectivity index (χ0n) is 9.00. The van der Waals surface area contributed by atoms with Crippen LogP contribution in [0.25, 0.3) is 10.9 Å². The number of aryl methyl sites for hydroxylation is 2. The van der Waals surface area contributed by atoms with Gasteiger partial charge in [-0.05, 0) is 31.5 Å². The summed E-state index contributed by atoms with van der Waals surface area (Å²) in [5.74, 6) is 0.271. The molecule has 0 fully saturated rings. The van der Waals surface area contributed by atoms with E-state index in [9.17, 15) is 4.79 Å². The molecule has 2 rings (SSSR count). The fraction of sp³-hybridized carbons (Fsp3) is 0.182. The zero-order valence-corrected chi connectivity index (χ0v) is 9.00. The highest BCUT2D eigenvalue weighted by molar-refractivity contribution is 5.99. The van der Waals surface area contributed by atoms with Crippen molar-refractivity contribution in [2.24, 2.45) is 0 Å². The summed E-state index contributed by atoms with van der Waals surface area (Å²) < 4.78 is 4.68. The van der Waals surface area contributed by atoms with Crippen molar-refractivity contribution in [1.29, 1.82) is 0 Å². The fourth-order valence-electron chi connectivity index (χ4n) is 1.78. The van der Waals surface area contributed by atoms with Crippen molar-refractivity contribution in [1.82, 2.24) is 4.98 Å². The van der Waals surface area contributed by atoms with Crippen LogP contribution in [0.5, 0.6) is 5.75 Å². The van der Waals surface area contributed by atoms with Crippen LogP contribution in [0.1, 0.15) is 11.3 Å². The Bertz CT molecular complexity index is 572. The van der Waals surface area contributed by atoms with Crippen LogP contribution in [0.3, 0.4) is 0 Å². The standard InChI is InChI=1S/C11H12N2O3/c1-5-6(2)13-10-8(16-11(14)15)4-3-7(12)9(5)10/h3-4,13H,12H2,1-2H3,(H,14,15). The number of aromatic nitrogens is 1. The second kappa shape index (κ2) is 3.44. The minimum atomic E-state index is -1.34. The lowest BCUT2D eigenvalue weighted by molar-refractivity contribution is 0.145. The maximum absolute atomic E-state index is 10.5. The van der Waals surface area contributed by atoms with Gasteiger partial charge in [0.05, 0.1) is 5.52 Å². The Morgan fingerprint density at radius 2 is 2.12 bits per heavy atom. The number of hydrogen-bond acceptors (Lipinski definition) is 3. The van der Waals surface area contributed by atoms with Gasteiger partial charge >= 0.3 is 6.16 Å². The van der Waals surface area contributed by atoms with Crippen molar-refractivity contribution in [2.45, 2.75) is 13.8 Å². The number of benzene rings is 1. The van der Waals surface area contributed by atoms with E-state index in [0.717, 1.165) is 16.6 Å². The van der Waals surface area contributed by atoms with Crippen LogP contribution in [0, 0.1) is 13.8 Å². The van der Waals surface area contributed by atoms with E-state index in [-0.39, 0.29) is 5.75 Å². The first-order chi connectivity index (χ1) is 7.50. The SMILES string of the molecule is Cc1[nH]c2c(OC(=O)O)ccc(N)c2c1C. The molecule has 0 aliphatic carbocycles. The predicted octanol–water partition coefficient (Wildman–Crippen LogP) is 2.42. The predicted molar refractivity (Wildman–Crippen MR) is 60.8 cm³/mol. The van der Waals surface area contributed by atoms with E-state index in [4.69, 9.17) is 10.8 Å². The molecule has 1 aromatic heterocycles. The summed E-state index contributed by atoms with van der Waals surface area (Å²) in [6, 6.07) is 3.18. The van der Waals surface area contributed by atoms with Gasteiger partial charge in [0.25, 0.3) is 0 Å². The Labute approximate surface area is 91.8 Å². The average Bonchev–Trinajstić information content (AvgIpc) is 2.49. The summed E-state index contributed by atoms with van der Waals surface area (Å²) >= 11 is 0. The van der Waals surface area contributed by atoms with E-state index in [1.807, 2.05) is 13.8 Å². The first kappa shape index (κ1) is 10.4. The van der Waals surface area contributed by atoms with Crippen LogP contribution < -0.4 is 10.5 Å². The molecule has 4 N–H and O–H groups in total. The first-order valence-corrected chi connectivity index (χ1v) is 4.79. The number of aromatic amines is 1. The highest BCUT2D eigenvalue weighted by Crippen LogP contribution is 2.33. The third-order valence-electron chi connectivity index (χ3n) is 2.65. The van der Waals surface area contributed by atoms with Crippen LogP contribution in [0.4, 0.5) is 10.5 Å². The molecule has 0 spiro atoms. The molecule has 16 heavy (non-hydrogen) atoms. The molecule has 0 saturated carbocycles. The van der Waals surface area contributed by atoms with Crippen molar-refractivity contribution in [3.63, 3.8) is 0 Å². The van der Waals surface area contributed by atoms with Crippen molar-refractivity contribution < 1.29 is 14.6 Å². The Morgan fingerprint density at radius 1 is 1.44 bits per heavy atom. The molecule has 0 unspecified atom stereocenters. The van der Waals surface area contributed by atoms with Gasteiger partial charge in [-0.1, -0.05) is 0 Å². The molecular formula is C11H12N2O3.